The molecule has 0 unspecified atom stereocenters. The lowest BCUT2D eigenvalue weighted by atomic mass is 10.2. The molecule has 0 radical (unpaired) electrons. The van der Waals surface area contributed by atoms with E-state index in [-0.39, 0.29) is 11.9 Å². The van der Waals surface area contributed by atoms with Gasteiger partial charge in [-0.25, -0.2) is 4.79 Å². The zero-order valence-electron chi connectivity index (χ0n) is 14.9. The molecule has 1 heterocycles. The monoisotopic (exact) mass is 353 g/mol. The molecule has 136 valence electrons. The van der Waals surface area contributed by atoms with Crippen molar-refractivity contribution in [3.05, 3.63) is 54.6 Å². The summed E-state index contributed by atoms with van der Waals surface area (Å²) in [4.78, 5) is 27.8. The Kier molecular flexibility index (Phi) is 5.73. The fourth-order valence-corrected chi connectivity index (χ4v) is 2.85. The van der Waals surface area contributed by atoms with E-state index in [1.807, 2.05) is 54.6 Å². The summed E-state index contributed by atoms with van der Waals surface area (Å²) in [6, 6.07) is 16.6. The zero-order valence-corrected chi connectivity index (χ0v) is 14.9. The van der Waals surface area contributed by atoms with Crippen LogP contribution >= 0.6 is 0 Å². The number of urea groups is 1. The first kappa shape index (κ1) is 17.8. The quantitative estimate of drug-likeness (QED) is 0.866. The van der Waals surface area contributed by atoms with Crippen molar-refractivity contribution in [2.75, 3.05) is 37.0 Å². The minimum Gasteiger partial charge on any atom is -0.492 e. The molecule has 3 amide bonds. The van der Waals surface area contributed by atoms with Gasteiger partial charge in [-0.2, -0.15) is 0 Å². The topological polar surface area (TPSA) is 61.9 Å². The third kappa shape index (κ3) is 4.33. The summed E-state index contributed by atoms with van der Waals surface area (Å²) in [5.74, 6) is 0.871. The third-order valence-corrected chi connectivity index (χ3v) is 4.30. The Labute approximate surface area is 153 Å². The zero-order chi connectivity index (χ0) is 18.4. The van der Waals surface area contributed by atoms with Gasteiger partial charge in [0.25, 0.3) is 0 Å². The fourth-order valence-electron chi connectivity index (χ4n) is 2.85. The molecule has 1 saturated heterocycles. The van der Waals surface area contributed by atoms with Gasteiger partial charge in [0.2, 0.25) is 5.91 Å². The van der Waals surface area contributed by atoms with Crippen molar-refractivity contribution < 1.29 is 14.3 Å². The summed E-state index contributed by atoms with van der Waals surface area (Å²) >= 11 is 0. The molecule has 1 aliphatic rings. The maximum Gasteiger partial charge on any atom is 0.321 e. The molecule has 3 rings (SSSR count). The first-order valence-electron chi connectivity index (χ1n) is 8.74. The maximum atomic E-state index is 12.5. The van der Waals surface area contributed by atoms with Gasteiger partial charge in [0, 0.05) is 20.0 Å². The van der Waals surface area contributed by atoms with Crippen molar-refractivity contribution in [3.8, 4) is 5.75 Å². The predicted octanol–water partition coefficient (Wildman–Crippen LogP) is 3.36. The van der Waals surface area contributed by atoms with E-state index in [9.17, 15) is 9.59 Å². The maximum absolute atomic E-state index is 12.5. The van der Waals surface area contributed by atoms with E-state index < -0.39 is 0 Å². The highest BCUT2D eigenvalue weighted by Gasteiger charge is 2.24. The molecule has 0 atom stereocenters. The molecular formula is C20H23N3O3. The number of rotatable bonds is 6. The van der Waals surface area contributed by atoms with Gasteiger partial charge in [0.05, 0.1) is 17.9 Å². The first-order valence-corrected chi connectivity index (χ1v) is 8.74. The smallest absolute Gasteiger partial charge is 0.321 e. The minimum absolute atomic E-state index is 0.0938. The Balaban J connectivity index is 1.56. The summed E-state index contributed by atoms with van der Waals surface area (Å²) in [6.45, 7) is 1.54. The summed E-state index contributed by atoms with van der Waals surface area (Å²) in [7, 11) is 1.72. The van der Waals surface area contributed by atoms with Crippen molar-refractivity contribution in [2.24, 2.45) is 0 Å². The number of carbonyl (C=O) groups excluding carboxylic acids is 2. The van der Waals surface area contributed by atoms with Gasteiger partial charge in [-0.15, -0.1) is 0 Å². The number of nitrogens with zero attached hydrogens (tertiary/aromatic N) is 2. The largest absolute Gasteiger partial charge is 0.492 e. The van der Waals surface area contributed by atoms with Crippen LogP contribution in [0.5, 0.6) is 5.75 Å². The van der Waals surface area contributed by atoms with Crippen molar-refractivity contribution in [2.45, 2.75) is 12.8 Å². The Morgan fingerprint density at radius 2 is 1.88 bits per heavy atom. The third-order valence-electron chi connectivity index (χ3n) is 4.30. The first-order chi connectivity index (χ1) is 12.6. The van der Waals surface area contributed by atoms with E-state index in [1.165, 1.54) is 0 Å². The molecule has 26 heavy (non-hydrogen) atoms. The lowest BCUT2D eigenvalue weighted by Crippen LogP contribution is -2.35. The molecule has 2 aromatic rings. The molecule has 1 N–H and O–H groups in total. The van der Waals surface area contributed by atoms with Gasteiger partial charge in [-0.1, -0.05) is 30.3 Å². The summed E-state index contributed by atoms with van der Waals surface area (Å²) in [6.07, 6.45) is 1.40. The molecule has 0 aromatic heterocycles. The number of nitrogens with one attached hydrogen (secondary N) is 1. The second-order valence-corrected chi connectivity index (χ2v) is 6.18. The lowest BCUT2D eigenvalue weighted by molar-refractivity contribution is -0.117. The second-order valence-electron chi connectivity index (χ2n) is 6.18. The predicted molar refractivity (Wildman–Crippen MR) is 102 cm³/mol. The number of anilines is 2. The van der Waals surface area contributed by atoms with Gasteiger partial charge in [-0.3, -0.25) is 4.79 Å². The lowest BCUT2D eigenvalue weighted by Gasteiger charge is -2.22. The molecule has 6 nitrogen and oxygen atoms in total. The molecule has 1 fully saturated rings. The molecule has 0 bridgehead atoms. The Bertz CT molecular complexity index is 764. The fraction of sp³-hybridized carbons (Fsp3) is 0.300. The highest BCUT2D eigenvalue weighted by Crippen LogP contribution is 2.29. The second kappa shape index (κ2) is 8.38. The Morgan fingerprint density at radius 3 is 2.62 bits per heavy atom. The van der Waals surface area contributed by atoms with Crippen LogP contribution in [0.1, 0.15) is 12.8 Å². The van der Waals surface area contributed by atoms with Crippen LogP contribution in [-0.4, -0.2) is 43.6 Å². The number of hydrogen-bond acceptors (Lipinski definition) is 3. The molecule has 1 aliphatic heterocycles. The van der Waals surface area contributed by atoms with Crippen LogP contribution in [0.25, 0.3) is 0 Å². The van der Waals surface area contributed by atoms with E-state index >= 15 is 0 Å². The molecule has 0 aliphatic carbocycles. The molecule has 0 spiro atoms. The van der Waals surface area contributed by atoms with Crippen LogP contribution in [0.4, 0.5) is 16.2 Å². The molecule has 2 aromatic carbocycles. The average Bonchev–Trinajstić information content (AvgIpc) is 3.08. The van der Waals surface area contributed by atoms with Crippen molar-refractivity contribution in [3.63, 3.8) is 0 Å². The van der Waals surface area contributed by atoms with Crippen LogP contribution < -0.4 is 15.0 Å². The van der Waals surface area contributed by atoms with Crippen molar-refractivity contribution in [1.29, 1.82) is 0 Å². The molecule has 6 heteroatoms. The Morgan fingerprint density at radius 1 is 1.15 bits per heavy atom. The van der Waals surface area contributed by atoms with Crippen LogP contribution in [-0.2, 0) is 4.79 Å². The van der Waals surface area contributed by atoms with Crippen LogP contribution in [0, 0.1) is 0 Å². The number of amides is 3. The van der Waals surface area contributed by atoms with Gasteiger partial charge in [0.1, 0.15) is 12.4 Å². The normalized spacial score (nSPS) is 13.6. The van der Waals surface area contributed by atoms with Crippen molar-refractivity contribution in [1.82, 2.24) is 4.90 Å². The average molecular weight is 353 g/mol. The molecular weight excluding hydrogens is 330 g/mol. The highest BCUT2D eigenvalue weighted by molar-refractivity contribution is 6.01. The van der Waals surface area contributed by atoms with E-state index in [0.717, 1.165) is 17.9 Å². The van der Waals surface area contributed by atoms with E-state index in [4.69, 9.17) is 4.74 Å². The number of hydrogen-bond donors (Lipinski definition) is 1. The number of para-hydroxylation sites is 3. The number of carbonyl (C=O) groups is 2. The van der Waals surface area contributed by atoms with Gasteiger partial charge < -0.3 is 19.9 Å². The van der Waals surface area contributed by atoms with Gasteiger partial charge in [0.15, 0.2) is 0 Å². The van der Waals surface area contributed by atoms with Gasteiger partial charge in [-0.05, 0) is 30.7 Å². The summed E-state index contributed by atoms with van der Waals surface area (Å²) in [5.41, 5.74) is 1.39. The van der Waals surface area contributed by atoms with E-state index in [2.05, 4.69) is 5.32 Å². The van der Waals surface area contributed by atoms with Crippen LogP contribution in [0.2, 0.25) is 0 Å². The standard InChI is InChI=1S/C20H23N3O3/c1-22(14-15-26-16-8-3-2-4-9-16)20(25)21-17-10-5-6-11-18(17)23-13-7-12-19(23)24/h2-6,8-11H,7,12-15H2,1H3,(H,21,25). The number of ether oxygens (including phenoxy) is 1. The SMILES string of the molecule is CN(CCOc1ccccc1)C(=O)Nc1ccccc1N1CCCC1=O. The summed E-state index contributed by atoms with van der Waals surface area (Å²) < 4.78 is 5.62. The van der Waals surface area contributed by atoms with Crippen LogP contribution in [0.15, 0.2) is 54.6 Å². The van der Waals surface area contributed by atoms with E-state index in [0.29, 0.717) is 31.8 Å². The molecule has 0 saturated carbocycles. The van der Waals surface area contributed by atoms with Crippen LogP contribution in [0.3, 0.4) is 0 Å². The minimum atomic E-state index is -0.235. The van der Waals surface area contributed by atoms with Crippen molar-refractivity contribution >= 4 is 23.3 Å². The van der Waals surface area contributed by atoms with E-state index in [1.54, 1.807) is 16.8 Å². The number of likely N-dealkylation sites (N-methyl/N-ethyl adjacent to an activating group) is 1. The number of benzene rings is 2. The Hall–Kier alpha value is -3.02. The highest BCUT2D eigenvalue weighted by atomic mass is 16.5. The summed E-state index contributed by atoms with van der Waals surface area (Å²) in [5, 5.41) is 2.89. The van der Waals surface area contributed by atoms with Gasteiger partial charge >= 0.3 is 6.03 Å².